The molecule has 0 unspecified atom stereocenters. The molecule has 1 aliphatic rings. The van der Waals surface area contributed by atoms with Gasteiger partial charge in [-0.25, -0.2) is 0 Å². The highest BCUT2D eigenvalue weighted by Crippen LogP contribution is 2.26. The lowest BCUT2D eigenvalue weighted by Crippen LogP contribution is -2.37. The van der Waals surface area contributed by atoms with Crippen molar-refractivity contribution in [1.82, 2.24) is 4.90 Å². The van der Waals surface area contributed by atoms with Crippen molar-refractivity contribution >= 4 is 11.6 Å². The molecule has 0 radical (unpaired) electrons. The minimum Gasteiger partial charge on any atom is -0.376 e. The van der Waals surface area contributed by atoms with Gasteiger partial charge in [0.2, 0.25) is 5.91 Å². The van der Waals surface area contributed by atoms with Crippen LogP contribution < -0.4 is 5.32 Å². The number of amides is 1. The first kappa shape index (κ1) is 12.9. The number of carbonyl (C=O) groups excluding carboxylic acids is 1. The van der Waals surface area contributed by atoms with Crippen molar-refractivity contribution in [3.8, 4) is 0 Å². The summed E-state index contributed by atoms with van der Waals surface area (Å²) in [6, 6.07) is 8.79. The first-order valence-corrected chi connectivity index (χ1v) is 6.86. The Hall–Kier alpha value is -1.51. The van der Waals surface area contributed by atoms with Crippen LogP contribution in [0.5, 0.6) is 0 Å². The Morgan fingerprint density at radius 1 is 1.28 bits per heavy atom. The summed E-state index contributed by atoms with van der Waals surface area (Å²) in [7, 11) is 0. The summed E-state index contributed by atoms with van der Waals surface area (Å²) in [5.74, 6) is 0.208. The second-order valence-electron chi connectivity index (χ2n) is 4.81. The van der Waals surface area contributed by atoms with Gasteiger partial charge < -0.3 is 10.2 Å². The molecular formula is C15H22N2O. The largest absolute Gasteiger partial charge is 0.376 e. The smallest absolute Gasteiger partial charge is 0.242 e. The Morgan fingerprint density at radius 3 is 2.44 bits per heavy atom. The number of benzene rings is 1. The van der Waals surface area contributed by atoms with Crippen molar-refractivity contribution in [1.29, 1.82) is 0 Å². The average molecular weight is 246 g/mol. The highest BCUT2D eigenvalue weighted by Gasteiger charge is 2.30. The molecule has 3 heteroatoms. The first-order chi connectivity index (χ1) is 8.74. The van der Waals surface area contributed by atoms with E-state index in [0.29, 0.717) is 12.6 Å². The highest BCUT2D eigenvalue weighted by molar-refractivity contribution is 5.81. The van der Waals surface area contributed by atoms with Gasteiger partial charge in [0.05, 0.1) is 6.54 Å². The first-order valence-electron chi connectivity index (χ1n) is 6.86. The third-order valence-electron chi connectivity index (χ3n) is 3.45. The van der Waals surface area contributed by atoms with E-state index in [-0.39, 0.29) is 5.91 Å². The SMILES string of the molecule is CCc1ccc(NCC(=O)N(CC)C2CC2)cc1. The molecule has 3 nitrogen and oxygen atoms in total. The number of rotatable bonds is 6. The molecule has 1 fully saturated rings. The molecule has 98 valence electrons. The lowest BCUT2D eigenvalue weighted by molar-refractivity contribution is -0.129. The number of nitrogens with one attached hydrogen (secondary N) is 1. The number of anilines is 1. The van der Waals surface area contributed by atoms with E-state index in [1.165, 1.54) is 18.4 Å². The predicted molar refractivity (Wildman–Crippen MR) is 74.7 cm³/mol. The van der Waals surface area contributed by atoms with Crippen LogP contribution >= 0.6 is 0 Å². The van der Waals surface area contributed by atoms with E-state index in [2.05, 4.69) is 24.4 Å². The number of hydrogen-bond acceptors (Lipinski definition) is 2. The molecule has 1 N–H and O–H groups in total. The second-order valence-corrected chi connectivity index (χ2v) is 4.81. The summed E-state index contributed by atoms with van der Waals surface area (Å²) in [5, 5.41) is 3.20. The zero-order valence-corrected chi connectivity index (χ0v) is 11.3. The Bertz CT molecular complexity index is 395. The highest BCUT2D eigenvalue weighted by atomic mass is 16.2. The summed E-state index contributed by atoms with van der Waals surface area (Å²) in [5.41, 5.74) is 2.34. The van der Waals surface area contributed by atoms with E-state index in [1.807, 2.05) is 24.0 Å². The van der Waals surface area contributed by atoms with Crippen LogP contribution in [-0.2, 0) is 11.2 Å². The summed E-state index contributed by atoms with van der Waals surface area (Å²) < 4.78 is 0. The molecule has 0 heterocycles. The van der Waals surface area contributed by atoms with Gasteiger partial charge in [-0.15, -0.1) is 0 Å². The topological polar surface area (TPSA) is 32.3 Å². The van der Waals surface area contributed by atoms with E-state index in [0.717, 1.165) is 18.7 Å². The molecule has 1 saturated carbocycles. The van der Waals surface area contributed by atoms with Crippen molar-refractivity contribution < 1.29 is 4.79 Å². The number of hydrogen-bond donors (Lipinski definition) is 1. The second kappa shape index (κ2) is 5.89. The molecule has 2 rings (SSSR count). The van der Waals surface area contributed by atoms with Gasteiger partial charge in [-0.1, -0.05) is 19.1 Å². The van der Waals surface area contributed by atoms with Crippen LogP contribution in [0.4, 0.5) is 5.69 Å². The molecule has 0 atom stereocenters. The lowest BCUT2D eigenvalue weighted by atomic mass is 10.1. The van der Waals surface area contributed by atoms with Crippen LogP contribution in [0.25, 0.3) is 0 Å². The molecule has 1 aromatic rings. The van der Waals surface area contributed by atoms with Gasteiger partial charge in [0.15, 0.2) is 0 Å². The van der Waals surface area contributed by atoms with Gasteiger partial charge in [-0.05, 0) is 43.9 Å². The lowest BCUT2D eigenvalue weighted by Gasteiger charge is -2.20. The number of likely N-dealkylation sites (N-methyl/N-ethyl adjacent to an activating group) is 1. The van der Waals surface area contributed by atoms with Crippen molar-refractivity contribution in [2.45, 2.75) is 39.2 Å². The standard InChI is InChI=1S/C15H22N2O/c1-3-12-5-7-13(8-6-12)16-11-15(18)17(4-2)14-9-10-14/h5-8,14,16H,3-4,9-11H2,1-2H3. The molecule has 1 aromatic carbocycles. The van der Waals surface area contributed by atoms with Gasteiger partial charge in [-0.2, -0.15) is 0 Å². The zero-order valence-electron chi connectivity index (χ0n) is 11.3. The third kappa shape index (κ3) is 3.25. The number of nitrogens with zero attached hydrogens (tertiary/aromatic N) is 1. The molecular weight excluding hydrogens is 224 g/mol. The molecule has 18 heavy (non-hydrogen) atoms. The number of aryl methyl sites for hydroxylation is 1. The van der Waals surface area contributed by atoms with Gasteiger partial charge >= 0.3 is 0 Å². The molecule has 0 saturated heterocycles. The number of carbonyl (C=O) groups is 1. The zero-order chi connectivity index (χ0) is 13.0. The fourth-order valence-electron chi connectivity index (χ4n) is 2.16. The quantitative estimate of drug-likeness (QED) is 0.837. The molecule has 0 bridgehead atoms. The maximum absolute atomic E-state index is 12.0. The predicted octanol–water partition coefficient (Wildman–Crippen LogP) is 2.67. The molecule has 1 aliphatic carbocycles. The van der Waals surface area contributed by atoms with Crippen LogP contribution in [-0.4, -0.2) is 29.9 Å². The maximum atomic E-state index is 12.0. The van der Waals surface area contributed by atoms with Gasteiger partial charge in [0.1, 0.15) is 0 Å². The Morgan fingerprint density at radius 2 is 1.94 bits per heavy atom. The van der Waals surface area contributed by atoms with Gasteiger partial charge in [-0.3, -0.25) is 4.79 Å². The molecule has 0 aliphatic heterocycles. The van der Waals surface area contributed by atoms with Crippen LogP contribution in [0.3, 0.4) is 0 Å². The fourth-order valence-corrected chi connectivity index (χ4v) is 2.16. The van der Waals surface area contributed by atoms with Gasteiger partial charge in [0.25, 0.3) is 0 Å². The normalized spacial score (nSPS) is 14.3. The monoisotopic (exact) mass is 246 g/mol. The minimum atomic E-state index is 0.208. The maximum Gasteiger partial charge on any atom is 0.242 e. The summed E-state index contributed by atoms with van der Waals surface area (Å²) >= 11 is 0. The third-order valence-corrected chi connectivity index (χ3v) is 3.45. The molecule has 1 amide bonds. The van der Waals surface area contributed by atoms with Crippen molar-refractivity contribution in [2.24, 2.45) is 0 Å². The summed E-state index contributed by atoms with van der Waals surface area (Å²) in [4.78, 5) is 14.0. The van der Waals surface area contributed by atoms with E-state index >= 15 is 0 Å². The van der Waals surface area contributed by atoms with Crippen LogP contribution in [0.1, 0.15) is 32.3 Å². The Kier molecular flexibility index (Phi) is 4.24. The van der Waals surface area contributed by atoms with Gasteiger partial charge in [0, 0.05) is 18.3 Å². The minimum absolute atomic E-state index is 0.208. The molecule has 0 spiro atoms. The average Bonchev–Trinajstić information content (AvgIpc) is 3.22. The Labute approximate surface area is 109 Å². The Balaban J connectivity index is 1.84. The molecule has 0 aromatic heterocycles. The van der Waals surface area contributed by atoms with Crippen LogP contribution in [0, 0.1) is 0 Å². The van der Waals surface area contributed by atoms with Crippen LogP contribution in [0.15, 0.2) is 24.3 Å². The van der Waals surface area contributed by atoms with E-state index in [1.54, 1.807) is 0 Å². The summed E-state index contributed by atoms with van der Waals surface area (Å²) in [6.45, 7) is 5.41. The van der Waals surface area contributed by atoms with E-state index < -0.39 is 0 Å². The van der Waals surface area contributed by atoms with Crippen LogP contribution in [0.2, 0.25) is 0 Å². The van der Waals surface area contributed by atoms with Crippen molar-refractivity contribution in [3.63, 3.8) is 0 Å². The van der Waals surface area contributed by atoms with Crippen molar-refractivity contribution in [2.75, 3.05) is 18.4 Å². The van der Waals surface area contributed by atoms with E-state index in [9.17, 15) is 4.79 Å². The van der Waals surface area contributed by atoms with Crippen molar-refractivity contribution in [3.05, 3.63) is 29.8 Å². The summed E-state index contributed by atoms with van der Waals surface area (Å²) in [6.07, 6.45) is 3.39. The fraction of sp³-hybridized carbons (Fsp3) is 0.533. The van der Waals surface area contributed by atoms with E-state index in [4.69, 9.17) is 0 Å².